The Kier molecular flexibility index (Phi) is 6.56. The Morgan fingerprint density at radius 2 is 1.78 bits per heavy atom. The van der Waals surface area contributed by atoms with Crippen molar-refractivity contribution in [3.05, 3.63) is 30.3 Å². The van der Waals surface area contributed by atoms with Crippen LogP contribution >= 0.6 is 0 Å². The molecule has 1 aromatic rings. The number of carbonyl (C=O) groups excluding carboxylic acids is 2. The molecule has 7 heteroatoms. The van der Waals surface area contributed by atoms with Gasteiger partial charge in [0.25, 0.3) is 0 Å². The summed E-state index contributed by atoms with van der Waals surface area (Å²) in [5, 5.41) is 14.0. The lowest BCUT2D eigenvalue weighted by Crippen LogP contribution is -2.43. The second-order valence-electron chi connectivity index (χ2n) is 5.99. The van der Waals surface area contributed by atoms with Gasteiger partial charge in [0.15, 0.2) is 0 Å². The zero-order chi connectivity index (χ0) is 17.5. The molecule has 3 N–H and O–H groups in total. The van der Waals surface area contributed by atoms with Crippen LogP contribution in [0.25, 0.3) is 0 Å². The van der Waals surface area contributed by atoms with Crippen LogP contribution in [0.1, 0.15) is 33.6 Å². The standard InChI is InChI=1S/C16H22N2O5/c1-16(2,3)23-15(22)18-12(14(20)21)9-10-13(19)17-11-7-5-4-6-8-11/h4-8,12H,9-10H2,1-3H3,(H,17,19)(H,18,22)(H,20,21)/t12-/m0/s1. The Bertz CT molecular complexity index is 551. The van der Waals surface area contributed by atoms with E-state index >= 15 is 0 Å². The van der Waals surface area contributed by atoms with Gasteiger partial charge in [0.05, 0.1) is 0 Å². The summed E-state index contributed by atoms with van der Waals surface area (Å²) in [5.41, 5.74) is -0.0952. The average Bonchev–Trinajstić information content (AvgIpc) is 2.42. The van der Waals surface area contributed by atoms with Crippen LogP contribution in [0.2, 0.25) is 0 Å². The Morgan fingerprint density at radius 1 is 1.17 bits per heavy atom. The van der Waals surface area contributed by atoms with Crippen molar-refractivity contribution in [3.63, 3.8) is 0 Å². The van der Waals surface area contributed by atoms with Crippen molar-refractivity contribution in [1.29, 1.82) is 0 Å². The Balaban J connectivity index is 2.48. The minimum absolute atomic E-state index is 0.0345. The van der Waals surface area contributed by atoms with E-state index in [1.807, 2.05) is 6.07 Å². The summed E-state index contributed by atoms with van der Waals surface area (Å²) in [6.07, 6.45) is -0.900. The van der Waals surface area contributed by atoms with Crippen LogP contribution in [-0.2, 0) is 14.3 Å². The molecule has 0 radical (unpaired) electrons. The molecule has 1 aromatic carbocycles. The zero-order valence-electron chi connectivity index (χ0n) is 13.5. The summed E-state index contributed by atoms with van der Waals surface area (Å²) in [6, 6.07) is 7.64. The SMILES string of the molecule is CC(C)(C)OC(=O)N[C@@H](CCC(=O)Nc1ccccc1)C(=O)O. The molecule has 23 heavy (non-hydrogen) atoms. The van der Waals surface area contributed by atoms with E-state index in [2.05, 4.69) is 10.6 Å². The third kappa shape index (κ3) is 7.85. The van der Waals surface area contributed by atoms with Crippen LogP contribution in [0.15, 0.2) is 30.3 Å². The highest BCUT2D eigenvalue weighted by Crippen LogP contribution is 2.09. The van der Waals surface area contributed by atoms with E-state index in [4.69, 9.17) is 9.84 Å². The highest BCUT2D eigenvalue weighted by Gasteiger charge is 2.24. The number of amides is 2. The number of alkyl carbamates (subject to hydrolysis) is 1. The minimum Gasteiger partial charge on any atom is -0.480 e. The fourth-order valence-electron chi connectivity index (χ4n) is 1.73. The zero-order valence-corrected chi connectivity index (χ0v) is 13.5. The molecule has 0 saturated carbocycles. The topological polar surface area (TPSA) is 105 Å². The number of nitrogens with one attached hydrogen (secondary N) is 2. The van der Waals surface area contributed by atoms with Crippen molar-refractivity contribution in [2.45, 2.75) is 45.3 Å². The number of rotatable bonds is 6. The number of anilines is 1. The van der Waals surface area contributed by atoms with Crippen LogP contribution in [0, 0.1) is 0 Å². The lowest BCUT2D eigenvalue weighted by molar-refractivity contribution is -0.139. The normalized spacial score (nSPS) is 12.1. The minimum atomic E-state index is -1.22. The molecule has 0 bridgehead atoms. The van der Waals surface area contributed by atoms with Gasteiger partial charge in [-0.15, -0.1) is 0 Å². The van der Waals surface area contributed by atoms with Gasteiger partial charge in [0.1, 0.15) is 11.6 Å². The van der Waals surface area contributed by atoms with Crippen LogP contribution in [0.5, 0.6) is 0 Å². The Hall–Kier alpha value is -2.57. The number of hydrogen-bond acceptors (Lipinski definition) is 4. The van der Waals surface area contributed by atoms with E-state index in [9.17, 15) is 14.4 Å². The molecule has 1 atom stereocenters. The van der Waals surface area contributed by atoms with Gasteiger partial charge in [0, 0.05) is 12.1 Å². The van der Waals surface area contributed by atoms with Crippen molar-refractivity contribution >= 4 is 23.7 Å². The number of aliphatic carboxylic acids is 1. The third-order valence-electron chi connectivity index (χ3n) is 2.71. The molecule has 7 nitrogen and oxygen atoms in total. The number of carbonyl (C=O) groups is 3. The van der Waals surface area contributed by atoms with Gasteiger partial charge in [-0.05, 0) is 39.3 Å². The molecule has 0 aromatic heterocycles. The summed E-state index contributed by atoms with van der Waals surface area (Å²) < 4.78 is 5.01. The first kappa shape index (κ1) is 18.5. The highest BCUT2D eigenvalue weighted by atomic mass is 16.6. The maximum atomic E-state index is 11.8. The Labute approximate surface area is 135 Å². The molecule has 0 saturated heterocycles. The summed E-state index contributed by atoms with van der Waals surface area (Å²) >= 11 is 0. The molecule has 0 unspecified atom stereocenters. The molecular weight excluding hydrogens is 300 g/mol. The average molecular weight is 322 g/mol. The molecule has 0 aliphatic carbocycles. The van der Waals surface area contributed by atoms with Crippen LogP contribution in [0.3, 0.4) is 0 Å². The number of carboxylic acid groups (broad SMARTS) is 1. The van der Waals surface area contributed by atoms with Gasteiger partial charge in [-0.25, -0.2) is 9.59 Å². The van der Waals surface area contributed by atoms with Crippen molar-refractivity contribution in [3.8, 4) is 0 Å². The first-order chi connectivity index (χ1) is 10.7. The number of carboxylic acids is 1. The molecule has 0 aliphatic rings. The molecule has 2 amide bonds. The fraction of sp³-hybridized carbons (Fsp3) is 0.438. The van der Waals surface area contributed by atoms with Gasteiger partial charge in [-0.2, -0.15) is 0 Å². The van der Waals surface area contributed by atoms with Crippen LogP contribution in [0.4, 0.5) is 10.5 Å². The van der Waals surface area contributed by atoms with E-state index in [1.54, 1.807) is 45.0 Å². The van der Waals surface area contributed by atoms with Crippen LogP contribution in [-0.4, -0.2) is 34.7 Å². The first-order valence-electron chi connectivity index (χ1n) is 7.24. The van der Waals surface area contributed by atoms with Crippen molar-refractivity contribution < 1.29 is 24.2 Å². The summed E-state index contributed by atoms with van der Waals surface area (Å²) in [6.45, 7) is 5.03. The number of para-hydroxylation sites is 1. The van der Waals surface area contributed by atoms with Gasteiger partial charge < -0.3 is 20.5 Å². The van der Waals surface area contributed by atoms with Gasteiger partial charge in [0.2, 0.25) is 5.91 Å². The second kappa shape index (κ2) is 8.17. The molecular formula is C16H22N2O5. The van der Waals surface area contributed by atoms with E-state index in [-0.39, 0.29) is 18.7 Å². The summed E-state index contributed by atoms with van der Waals surface area (Å²) in [4.78, 5) is 34.6. The van der Waals surface area contributed by atoms with E-state index in [0.717, 1.165) is 0 Å². The molecule has 0 heterocycles. The van der Waals surface area contributed by atoms with Gasteiger partial charge >= 0.3 is 12.1 Å². The van der Waals surface area contributed by atoms with Crippen LogP contribution < -0.4 is 10.6 Å². The largest absolute Gasteiger partial charge is 0.480 e. The molecule has 0 spiro atoms. The Morgan fingerprint density at radius 3 is 2.30 bits per heavy atom. The quantitative estimate of drug-likeness (QED) is 0.746. The fourth-order valence-corrected chi connectivity index (χ4v) is 1.73. The van der Waals surface area contributed by atoms with Crippen molar-refractivity contribution in [2.75, 3.05) is 5.32 Å². The summed E-state index contributed by atoms with van der Waals surface area (Å²) in [7, 11) is 0. The number of benzene rings is 1. The van der Waals surface area contributed by atoms with E-state index < -0.39 is 23.7 Å². The van der Waals surface area contributed by atoms with E-state index in [0.29, 0.717) is 5.69 Å². The summed E-state index contributed by atoms with van der Waals surface area (Å²) in [5.74, 6) is -1.54. The maximum Gasteiger partial charge on any atom is 0.408 e. The lowest BCUT2D eigenvalue weighted by Gasteiger charge is -2.21. The van der Waals surface area contributed by atoms with Gasteiger partial charge in [-0.3, -0.25) is 4.79 Å². The monoisotopic (exact) mass is 322 g/mol. The van der Waals surface area contributed by atoms with Gasteiger partial charge in [-0.1, -0.05) is 18.2 Å². The maximum absolute atomic E-state index is 11.8. The first-order valence-corrected chi connectivity index (χ1v) is 7.24. The van der Waals surface area contributed by atoms with Crippen molar-refractivity contribution in [2.24, 2.45) is 0 Å². The predicted octanol–water partition coefficient (Wildman–Crippen LogP) is 2.38. The number of hydrogen-bond donors (Lipinski definition) is 3. The lowest BCUT2D eigenvalue weighted by atomic mass is 10.1. The molecule has 1 rings (SSSR count). The van der Waals surface area contributed by atoms with Crippen molar-refractivity contribution in [1.82, 2.24) is 5.32 Å². The number of ether oxygens (including phenoxy) is 1. The van der Waals surface area contributed by atoms with E-state index in [1.165, 1.54) is 0 Å². The second-order valence-corrected chi connectivity index (χ2v) is 5.99. The molecule has 0 aliphatic heterocycles. The smallest absolute Gasteiger partial charge is 0.408 e. The molecule has 0 fully saturated rings. The third-order valence-corrected chi connectivity index (χ3v) is 2.71. The molecule has 126 valence electrons. The predicted molar refractivity (Wildman–Crippen MR) is 85.1 cm³/mol. The highest BCUT2D eigenvalue weighted by molar-refractivity contribution is 5.91.